The van der Waals surface area contributed by atoms with Crippen LogP contribution >= 0.6 is 0 Å². The molecule has 0 bridgehead atoms. The summed E-state index contributed by atoms with van der Waals surface area (Å²) in [6.45, 7) is 6.60. The van der Waals surface area contributed by atoms with Gasteiger partial charge in [-0.1, -0.05) is 30.3 Å². The van der Waals surface area contributed by atoms with Crippen LogP contribution < -0.4 is 10.4 Å². The molecule has 0 saturated heterocycles. The van der Waals surface area contributed by atoms with Gasteiger partial charge in [0, 0.05) is 18.8 Å². The van der Waals surface area contributed by atoms with E-state index in [2.05, 4.69) is 24.2 Å². The quantitative estimate of drug-likeness (QED) is 0.796. The first-order valence-electron chi connectivity index (χ1n) is 7.57. The summed E-state index contributed by atoms with van der Waals surface area (Å²) in [7, 11) is 0. The zero-order valence-corrected chi connectivity index (χ0v) is 13.1. The largest absolute Gasteiger partial charge is 0.372 e. The van der Waals surface area contributed by atoms with Gasteiger partial charge in [-0.25, -0.2) is 4.79 Å². The van der Waals surface area contributed by atoms with Gasteiger partial charge in [0.15, 0.2) is 0 Å². The van der Waals surface area contributed by atoms with Crippen LogP contribution in [0.4, 0.5) is 5.69 Å². The van der Waals surface area contributed by atoms with Crippen LogP contribution in [0, 0.1) is 0 Å². The summed E-state index contributed by atoms with van der Waals surface area (Å²) in [6.07, 6.45) is 0. The van der Waals surface area contributed by atoms with Crippen molar-refractivity contribution in [1.82, 2.24) is 5.48 Å². The number of carbonyl (C=O) groups is 1. The van der Waals surface area contributed by atoms with Crippen LogP contribution in [0.2, 0.25) is 0 Å². The Morgan fingerprint density at radius 3 is 2.23 bits per heavy atom. The molecule has 4 nitrogen and oxygen atoms in total. The van der Waals surface area contributed by atoms with Crippen LogP contribution in [-0.4, -0.2) is 19.1 Å². The average molecular weight is 298 g/mol. The van der Waals surface area contributed by atoms with Crippen molar-refractivity contribution in [2.24, 2.45) is 0 Å². The monoisotopic (exact) mass is 298 g/mol. The molecule has 22 heavy (non-hydrogen) atoms. The van der Waals surface area contributed by atoms with Crippen molar-refractivity contribution in [1.29, 1.82) is 0 Å². The zero-order chi connectivity index (χ0) is 15.8. The van der Waals surface area contributed by atoms with Crippen LogP contribution in [-0.2, 0) is 11.4 Å². The maximum absolute atomic E-state index is 12.0. The van der Waals surface area contributed by atoms with E-state index in [0.29, 0.717) is 12.1 Å². The summed E-state index contributed by atoms with van der Waals surface area (Å²) in [5, 5.41) is 0. The van der Waals surface area contributed by atoms with Crippen LogP contribution in [0.25, 0.3) is 0 Å². The first kappa shape index (κ1) is 16.0. The fourth-order valence-electron chi connectivity index (χ4n) is 2.24. The SMILES string of the molecule is CCN(CC)c1ccc(C(=O)ONCc2ccccc2)cc1. The fraction of sp³-hybridized carbons (Fsp3) is 0.278. The van der Waals surface area contributed by atoms with Gasteiger partial charge in [-0.3, -0.25) is 0 Å². The summed E-state index contributed by atoms with van der Waals surface area (Å²) in [6, 6.07) is 17.3. The Hall–Kier alpha value is -2.33. The lowest BCUT2D eigenvalue weighted by atomic mass is 10.2. The number of nitrogens with zero attached hydrogens (tertiary/aromatic N) is 1. The minimum absolute atomic E-state index is 0.373. The average Bonchev–Trinajstić information content (AvgIpc) is 2.57. The highest BCUT2D eigenvalue weighted by Crippen LogP contribution is 2.15. The molecule has 0 aromatic heterocycles. The maximum Gasteiger partial charge on any atom is 0.356 e. The third kappa shape index (κ3) is 4.33. The Morgan fingerprint density at radius 1 is 1.00 bits per heavy atom. The number of hydroxylamine groups is 1. The molecular weight excluding hydrogens is 276 g/mol. The molecule has 0 heterocycles. The fourth-order valence-corrected chi connectivity index (χ4v) is 2.24. The highest BCUT2D eigenvalue weighted by atomic mass is 16.7. The van der Waals surface area contributed by atoms with E-state index in [9.17, 15) is 4.79 Å². The third-order valence-electron chi connectivity index (χ3n) is 3.52. The normalized spacial score (nSPS) is 10.3. The maximum atomic E-state index is 12.0. The first-order chi connectivity index (χ1) is 10.7. The lowest BCUT2D eigenvalue weighted by molar-refractivity contribution is 0.0237. The minimum Gasteiger partial charge on any atom is -0.372 e. The van der Waals surface area contributed by atoms with Crippen molar-refractivity contribution in [3.05, 3.63) is 65.7 Å². The highest BCUT2D eigenvalue weighted by molar-refractivity contribution is 5.89. The molecule has 0 spiro atoms. The van der Waals surface area contributed by atoms with Crippen LogP contribution in [0.5, 0.6) is 0 Å². The smallest absolute Gasteiger partial charge is 0.356 e. The van der Waals surface area contributed by atoms with Crippen molar-refractivity contribution in [2.75, 3.05) is 18.0 Å². The van der Waals surface area contributed by atoms with Crippen LogP contribution in [0.3, 0.4) is 0 Å². The molecule has 0 amide bonds. The number of rotatable bonds is 7. The Morgan fingerprint density at radius 2 is 1.64 bits per heavy atom. The molecule has 2 rings (SSSR count). The van der Waals surface area contributed by atoms with Crippen molar-refractivity contribution in [2.45, 2.75) is 20.4 Å². The topological polar surface area (TPSA) is 41.6 Å². The Labute approximate surface area is 131 Å². The lowest BCUT2D eigenvalue weighted by Crippen LogP contribution is -2.22. The van der Waals surface area contributed by atoms with E-state index in [-0.39, 0.29) is 5.97 Å². The van der Waals surface area contributed by atoms with E-state index in [0.717, 1.165) is 24.3 Å². The van der Waals surface area contributed by atoms with E-state index >= 15 is 0 Å². The van der Waals surface area contributed by atoms with Crippen molar-refractivity contribution in [3.63, 3.8) is 0 Å². The van der Waals surface area contributed by atoms with Crippen molar-refractivity contribution >= 4 is 11.7 Å². The Kier molecular flexibility index (Phi) is 5.98. The molecular formula is C18H22N2O2. The molecule has 0 radical (unpaired) electrons. The Balaban J connectivity index is 1.87. The summed E-state index contributed by atoms with van der Waals surface area (Å²) in [5.74, 6) is -0.373. The van der Waals surface area contributed by atoms with E-state index in [4.69, 9.17) is 4.84 Å². The molecule has 116 valence electrons. The molecule has 2 aromatic carbocycles. The molecule has 0 aliphatic carbocycles. The molecule has 1 N–H and O–H groups in total. The third-order valence-corrected chi connectivity index (χ3v) is 3.52. The van der Waals surface area contributed by atoms with Gasteiger partial charge < -0.3 is 9.74 Å². The molecule has 0 saturated carbocycles. The van der Waals surface area contributed by atoms with Gasteiger partial charge in [-0.2, -0.15) is 0 Å². The number of nitrogens with one attached hydrogen (secondary N) is 1. The summed E-state index contributed by atoms with van der Waals surface area (Å²) >= 11 is 0. The molecule has 0 fully saturated rings. The van der Waals surface area contributed by atoms with Crippen molar-refractivity contribution in [3.8, 4) is 0 Å². The highest BCUT2D eigenvalue weighted by Gasteiger charge is 2.08. The lowest BCUT2D eigenvalue weighted by Gasteiger charge is -2.20. The molecule has 0 unspecified atom stereocenters. The summed E-state index contributed by atoms with van der Waals surface area (Å²) in [4.78, 5) is 19.3. The van der Waals surface area contributed by atoms with Gasteiger partial charge in [0.25, 0.3) is 0 Å². The van der Waals surface area contributed by atoms with E-state index in [1.807, 2.05) is 42.5 Å². The second-order valence-electron chi connectivity index (χ2n) is 4.92. The van der Waals surface area contributed by atoms with Gasteiger partial charge in [0.2, 0.25) is 0 Å². The molecule has 0 atom stereocenters. The second kappa shape index (κ2) is 8.20. The predicted octanol–water partition coefficient (Wildman–Crippen LogP) is 3.39. The van der Waals surface area contributed by atoms with E-state index in [1.54, 1.807) is 12.1 Å². The van der Waals surface area contributed by atoms with Crippen LogP contribution in [0.1, 0.15) is 29.8 Å². The van der Waals surface area contributed by atoms with Gasteiger partial charge >= 0.3 is 5.97 Å². The molecule has 2 aromatic rings. The number of anilines is 1. The van der Waals surface area contributed by atoms with E-state index in [1.165, 1.54) is 0 Å². The minimum atomic E-state index is -0.373. The molecule has 0 aliphatic rings. The summed E-state index contributed by atoms with van der Waals surface area (Å²) in [5.41, 5.74) is 5.41. The number of carbonyl (C=O) groups excluding carboxylic acids is 1. The molecule has 4 heteroatoms. The van der Waals surface area contributed by atoms with Crippen LogP contribution in [0.15, 0.2) is 54.6 Å². The number of hydrogen-bond donors (Lipinski definition) is 1. The van der Waals surface area contributed by atoms with Gasteiger partial charge in [-0.15, -0.1) is 5.48 Å². The second-order valence-corrected chi connectivity index (χ2v) is 4.92. The van der Waals surface area contributed by atoms with Crippen molar-refractivity contribution < 1.29 is 9.63 Å². The van der Waals surface area contributed by atoms with Gasteiger partial charge in [0.1, 0.15) is 0 Å². The van der Waals surface area contributed by atoms with Gasteiger partial charge in [-0.05, 0) is 43.7 Å². The summed E-state index contributed by atoms with van der Waals surface area (Å²) < 4.78 is 0. The molecule has 0 aliphatic heterocycles. The number of hydrogen-bond acceptors (Lipinski definition) is 4. The van der Waals surface area contributed by atoms with E-state index < -0.39 is 0 Å². The zero-order valence-electron chi connectivity index (χ0n) is 13.1. The predicted molar refractivity (Wildman–Crippen MR) is 88.7 cm³/mol. The first-order valence-corrected chi connectivity index (χ1v) is 7.57. The number of benzene rings is 2. The Bertz CT molecular complexity index is 578. The van der Waals surface area contributed by atoms with Gasteiger partial charge in [0.05, 0.1) is 12.1 Å². The standard InChI is InChI=1S/C18H22N2O2/c1-3-20(4-2)17-12-10-16(11-13-17)18(21)22-19-14-15-8-6-5-7-9-15/h5-13,19H,3-4,14H2,1-2H3.